The van der Waals surface area contributed by atoms with Gasteiger partial charge in [-0.25, -0.2) is 0 Å². The van der Waals surface area contributed by atoms with Crippen LogP contribution in [0.5, 0.6) is 0 Å². The number of rotatable bonds is 0. The van der Waals surface area contributed by atoms with Crippen molar-refractivity contribution in [2.75, 3.05) is 13.2 Å². The Morgan fingerprint density at radius 1 is 0.404 bits per heavy atom. The van der Waals surface area contributed by atoms with Gasteiger partial charge in [0.1, 0.15) is 17.9 Å². The number of carbonyl (C=O) groups is 5. The molecule has 12 rings (SSSR count). The molecule has 6 bridgehead atoms. The molecule has 3 aliphatic carbocycles. The number of ether oxygens (including phenoxy) is 6. The monoisotopic (exact) mass is 646 g/mol. The molecule has 0 spiro atoms. The van der Waals surface area contributed by atoms with Crippen LogP contribution in [0.1, 0.15) is 70.6 Å². The van der Waals surface area contributed by atoms with Gasteiger partial charge < -0.3 is 28.4 Å². The highest BCUT2D eigenvalue weighted by Gasteiger charge is 2.64. The Hall–Kier alpha value is -3.15. The van der Waals surface area contributed by atoms with Gasteiger partial charge in [0, 0.05) is 11.8 Å². The highest BCUT2D eigenvalue weighted by Crippen LogP contribution is 2.55. The van der Waals surface area contributed by atoms with Gasteiger partial charge in [-0.3, -0.25) is 24.0 Å². The predicted molar refractivity (Wildman–Crippen MR) is 157 cm³/mol. The van der Waals surface area contributed by atoms with E-state index >= 15 is 0 Å². The van der Waals surface area contributed by atoms with Crippen LogP contribution >= 0.6 is 0 Å². The Bertz CT molecular complexity index is 1580. The van der Waals surface area contributed by atoms with Crippen LogP contribution in [0.4, 0.5) is 0 Å². The summed E-state index contributed by atoms with van der Waals surface area (Å²) >= 11 is 0. The topological polar surface area (TPSA) is 141 Å². The average Bonchev–Trinajstić information content (AvgIpc) is 3.92. The lowest BCUT2D eigenvalue weighted by Gasteiger charge is -2.26. The first kappa shape index (κ1) is 28.8. The number of carbonyl (C=O) groups excluding carboxylic acids is 5. The summed E-state index contributed by atoms with van der Waals surface area (Å²) in [5.74, 6) is -1.38. The molecule has 0 aromatic carbocycles. The molecule has 11 nitrogen and oxygen atoms in total. The molecule has 12 atom stereocenters. The maximum absolute atomic E-state index is 12.2. The van der Waals surface area contributed by atoms with Crippen LogP contribution in [0.15, 0.2) is 33.4 Å². The molecule has 6 saturated heterocycles. The fourth-order valence-corrected chi connectivity index (χ4v) is 11.1. The minimum absolute atomic E-state index is 0.0235. The highest BCUT2D eigenvalue weighted by atomic mass is 16.6. The van der Waals surface area contributed by atoms with Crippen molar-refractivity contribution in [3.05, 3.63) is 33.4 Å². The summed E-state index contributed by atoms with van der Waals surface area (Å²) in [6.07, 6.45) is 11.6. The zero-order valence-corrected chi connectivity index (χ0v) is 26.1. The average molecular weight is 647 g/mol. The van der Waals surface area contributed by atoms with Crippen molar-refractivity contribution < 1.29 is 52.4 Å². The van der Waals surface area contributed by atoms with E-state index in [1.54, 1.807) is 0 Å². The van der Waals surface area contributed by atoms with Crippen molar-refractivity contribution in [2.45, 2.75) is 107 Å². The third kappa shape index (κ3) is 3.93. The lowest BCUT2D eigenvalue weighted by Crippen LogP contribution is -2.33. The van der Waals surface area contributed by atoms with Gasteiger partial charge >= 0.3 is 23.9 Å². The van der Waals surface area contributed by atoms with E-state index in [9.17, 15) is 24.0 Å². The second-order valence-electron chi connectivity index (χ2n) is 15.1. The molecule has 6 unspecified atom stereocenters. The Morgan fingerprint density at radius 2 is 0.830 bits per heavy atom. The van der Waals surface area contributed by atoms with Crippen molar-refractivity contribution in [1.29, 1.82) is 0 Å². The van der Waals surface area contributed by atoms with Crippen LogP contribution in [0.3, 0.4) is 0 Å². The second kappa shape index (κ2) is 10.4. The Balaban J connectivity index is 0.0000000910. The van der Waals surface area contributed by atoms with Gasteiger partial charge in [0.05, 0.1) is 55.6 Å². The molecule has 0 N–H and O–H groups in total. The molecule has 0 radical (unpaired) electrons. The van der Waals surface area contributed by atoms with E-state index in [4.69, 9.17) is 28.4 Å². The molecular weight excluding hydrogens is 608 g/mol. The third-order valence-electron chi connectivity index (χ3n) is 13.0. The minimum Gasteiger partial charge on any atom is -0.465 e. The standard InChI is InChI=1S/2C12H12O4.C12H14O3/c13-9-5-2-1-3-6(5)10-8-7(11(9)16-10)4-15-12(8)14;13-11-7-8(12(14)16-11)10-6-4-2-1-3-5(6)9(7)15-10;13-12-9-8(5-14-12)10-6-3-1-2-4-7(6)11(9)15-10/h7-8,10-11H,1-4H2;7-10H,1-4H2;8-11H,1-5H2/t7?,8?,10-,11-;7?,8?,9-,10+;8?,9?,10-,11+/m0.1/s1. The molecule has 0 aromatic heterocycles. The van der Waals surface area contributed by atoms with E-state index in [0.717, 1.165) is 49.7 Å². The summed E-state index contributed by atoms with van der Waals surface area (Å²) in [5, 5.41) is 0. The van der Waals surface area contributed by atoms with Crippen LogP contribution in [0.25, 0.3) is 0 Å². The molecule has 0 aromatic rings. The quantitative estimate of drug-likeness (QED) is 0.166. The summed E-state index contributed by atoms with van der Waals surface area (Å²) in [5.41, 5.74) is 7.61. The van der Waals surface area contributed by atoms with Crippen LogP contribution in [0.2, 0.25) is 0 Å². The Kier molecular flexibility index (Phi) is 6.39. The first-order valence-corrected chi connectivity index (χ1v) is 17.7. The fourth-order valence-electron chi connectivity index (χ4n) is 11.1. The van der Waals surface area contributed by atoms with E-state index in [1.165, 1.54) is 54.4 Å². The normalized spacial score (nSPS) is 45.4. The molecule has 12 aliphatic rings. The third-order valence-corrected chi connectivity index (χ3v) is 13.0. The van der Waals surface area contributed by atoms with Crippen molar-refractivity contribution in [2.24, 2.45) is 35.5 Å². The van der Waals surface area contributed by atoms with Crippen molar-refractivity contribution >= 4 is 29.7 Å². The molecule has 248 valence electrons. The number of ketones is 1. The lowest BCUT2D eigenvalue weighted by atomic mass is 9.72. The maximum atomic E-state index is 12.2. The smallest absolute Gasteiger partial charge is 0.320 e. The number of esters is 4. The molecular formula is C36H38O11. The van der Waals surface area contributed by atoms with E-state index in [0.29, 0.717) is 19.1 Å². The molecule has 9 aliphatic heterocycles. The number of fused-ring (bicyclic) bond motifs is 20. The van der Waals surface area contributed by atoms with Crippen LogP contribution in [0, 0.1) is 35.5 Å². The highest BCUT2D eigenvalue weighted by molar-refractivity contribution is 6.03. The SMILES string of the molecule is O=C1OC(=O)C2C1[C@@H]1O[C@H]2C2=C1CCCC2.O=C1OCC2C1[C@H]1O[C@@H]2C(=O)C2=C1CCC2.O=C1OCC2C1[C@H]1O[C@@H]2C2=C1CCCC2. The first-order valence-electron chi connectivity index (χ1n) is 17.7. The van der Waals surface area contributed by atoms with Gasteiger partial charge in [-0.15, -0.1) is 0 Å². The van der Waals surface area contributed by atoms with Gasteiger partial charge in [-0.1, -0.05) is 0 Å². The lowest BCUT2D eigenvalue weighted by molar-refractivity contribution is -0.156. The molecule has 0 amide bonds. The zero-order valence-electron chi connectivity index (χ0n) is 26.1. The van der Waals surface area contributed by atoms with Crippen LogP contribution in [-0.2, 0) is 52.4 Å². The fraction of sp³-hybridized carbons (Fsp3) is 0.694. The molecule has 11 heteroatoms. The Morgan fingerprint density at radius 3 is 1.40 bits per heavy atom. The maximum Gasteiger partial charge on any atom is 0.320 e. The summed E-state index contributed by atoms with van der Waals surface area (Å²) in [7, 11) is 0. The van der Waals surface area contributed by atoms with Crippen molar-refractivity contribution in [3.63, 3.8) is 0 Å². The number of hydrogen-bond donors (Lipinski definition) is 0. The first-order chi connectivity index (χ1) is 22.9. The molecule has 0 saturated carbocycles. The van der Waals surface area contributed by atoms with Gasteiger partial charge in [0.25, 0.3) is 0 Å². The number of cyclic esters (lactones) is 4. The van der Waals surface area contributed by atoms with Crippen molar-refractivity contribution in [1.82, 2.24) is 0 Å². The summed E-state index contributed by atoms with van der Waals surface area (Å²) in [6, 6.07) is 0. The van der Waals surface area contributed by atoms with Gasteiger partial charge in [0.15, 0.2) is 5.78 Å². The molecule has 47 heavy (non-hydrogen) atoms. The van der Waals surface area contributed by atoms with Crippen molar-refractivity contribution in [3.8, 4) is 0 Å². The largest absolute Gasteiger partial charge is 0.465 e. The molecule has 9 heterocycles. The number of hydrogen-bond acceptors (Lipinski definition) is 11. The molecule has 6 fully saturated rings. The second-order valence-corrected chi connectivity index (χ2v) is 15.1. The van der Waals surface area contributed by atoms with Gasteiger partial charge in [-0.2, -0.15) is 0 Å². The Labute approximate surface area is 271 Å². The predicted octanol–water partition coefficient (Wildman–Crippen LogP) is 2.99. The summed E-state index contributed by atoms with van der Waals surface area (Å²) in [4.78, 5) is 58.6. The van der Waals surface area contributed by atoms with Crippen LogP contribution in [-0.4, -0.2) is 79.5 Å². The van der Waals surface area contributed by atoms with Crippen LogP contribution < -0.4 is 0 Å². The van der Waals surface area contributed by atoms with Gasteiger partial charge in [-0.05, 0) is 104 Å². The van der Waals surface area contributed by atoms with E-state index < -0.39 is 6.10 Å². The summed E-state index contributed by atoms with van der Waals surface area (Å²) < 4.78 is 32.5. The van der Waals surface area contributed by atoms with E-state index in [1.807, 2.05) is 0 Å². The minimum atomic E-state index is -0.404. The zero-order chi connectivity index (χ0) is 31.7. The van der Waals surface area contributed by atoms with E-state index in [2.05, 4.69) is 0 Å². The van der Waals surface area contributed by atoms with Gasteiger partial charge in [0.2, 0.25) is 0 Å². The number of Topliss-reactive ketones (excluding diaryl/α,β-unsaturated/α-hetero) is 1. The van der Waals surface area contributed by atoms with E-state index in [-0.39, 0.29) is 89.8 Å². The summed E-state index contributed by atoms with van der Waals surface area (Å²) in [6.45, 7) is 0.943.